The number of thiophene rings is 1. The van der Waals surface area contributed by atoms with Crippen molar-refractivity contribution < 1.29 is 9.59 Å². The van der Waals surface area contributed by atoms with Crippen molar-refractivity contribution in [3.8, 4) is 11.1 Å². The summed E-state index contributed by atoms with van der Waals surface area (Å²) >= 11 is 3.48. The average molecular weight is 477 g/mol. The van der Waals surface area contributed by atoms with Crippen LogP contribution in [0.1, 0.15) is 45.6 Å². The van der Waals surface area contributed by atoms with Crippen molar-refractivity contribution in [3.63, 3.8) is 0 Å². The van der Waals surface area contributed by atoms with Crippen molar-refractivity contribution in [2.45, 2.75) is 31.4 Å². The van der Waals surface area contributed by atoms with Gasteiger partial charge in [0.2, 0.25) is 5.91 Å². The van der Waals surface area contributed by atoms with E-state index in [0.29, 0.717) is 17.7 Å². The lowest BCUT2D eigenvalue weighted by atomic mass is 9.96. The van der Waals surface area contributed by atoms with Crippen molar-refractivity contribution in [1.29, 1.82) is 0 Å². The van der Waals surface area contributed by atoms with Crippen LogP contribution < -0.4 is 5.32 Å². The molecule has 6 heteroatoms. The van der Waals surface area contributed by atoms with Gasteiger partial charge in [0, 0.05) is 16.2 Å². The van der Waals surface area contributed by atoms with Crippen LogP contribution in [0.4, 0.5) is 5.00 Å². The maximum Gasteiger partial charge on any atom is 0.239 e. The number of carbonyl (C=O) groups excluding carboxylic acids is 2. The fourth-order valence-electron chi connectivity index (χ4n) is 4.64. The smallest absolute Gasteiger partial charge is 0.239 e. The van der Waals surface area contributed by atoms with E-state index >= 15 is 0 Å². The second-order valence-electron chi connectivity index (χ2n) is 8.67. The summed E-state index contributed by atoms with van der Waals surface area (Å²) < 4.78 is 0. The minimum atomic E-state index is -0.0170. The number of benzene rings is 2. The first-order valence-electron chi connectivity index (χ1n) is 11.6. The number of nitrogens with zero attached hydrogens (tertiary/aromatic N) is 1. The maximum absolute atomic E-state index is 13.7. The van der Waals surface area contributed by atoms with Crippen LogP contribution in [0.15, 0.2) is 54.6 Å². The number of carbonyl (C=O) groups is 2. The van der Waals surface area contributed by atoms with Crippen molar-refractivity contribution in [2.75, 3.05) is 30.7 Å². The van der Waals surface area contributed by atoms with E-state index in [1.165, 1.54) is 11.3 Å². The van der Waals surface area contributed by atoms with Gasteiger partial charge in [0.1, 0.15) is 5.00 Å². The van der Waals surface area contributed by atoms with Crippen molar-refractivity contribution in [2.24, 2.45) is 0 Å². The second kappa shape index (κ2) is 10.2. The van der Waals surface area contributed by atoms with E-state index in [1.807, 2.05) is 54.2 Å². The Kier molecular flexibility index (Phi) is 6.95. The van der Waals surface area contributed by atoms with Gasteiger partial charge >= 0.3 is 0 Å². The van der Waals surface area contributed by atoms with Gasteiger partial charge in [-0.15, -0.1) is 11.3 Å². The molecule has 2 aromatic carbocycles. The number of piperidine rings is 1. The molecule has 0 unspecified atom stereocenters. The van der Waals surface area contributed by atoms with E-state index in [1.54, 1.807) is 11.3 Å². The molecular weight excluding hydrogens is 448 g/mol. The number of amides is 1. The summed E-state index contributed by atoms with van der Waals surface area (Å²) in [5, 5.41) is 3.83. The lowest BCUT2D eigenvalue weighted by molar-refractivity contribution is -0.117. The number of ketones is 1. The summed E-state index contributed by atoms with van der Waals surface area (Å²) in [5.41, 5.74) is 4.72. The highest BCUT2D eigenvalue weighted by Crippen LogP contribution is 2.40. The number of fused-ring (bicyclic) bond motifs is 1. The third-order valence-corrected chi connectivity index (χ3v) is 8.69. The van der Waals surface area contributed by atoms with Crippen LogP contribution in [0.5, 0.6) is 0 Å². The number of rotatable bonds is 6. The molecule has 1 fully saturated rings. The zero-order chi connectivity index (χ0) is 22.6. The highest BCUT2D eigenvalue weighted by atomic mass is 32.2. The van der Waals surface area contributed by atoms with Crippen LogP contribution in [0.2, 0.25) is 0 Å². The monoisotopic (exact) mass is 476 g/mol. The molecule has 1 amide bonds. The molecule has 33 heavy (non-hydrogen) atoms. The highest BCUT2D eigenvalue weighted by Gasteiger charge is 2.27. The summed E-state index contributed by atoms with van der Waals surface area (Å²) in [6, 6.07) is 18.0. The Hall–Kier alpha value is -2.41. The standard InChI is InChI=1S/C27H28N2O2S2/c30-24(17-29-14-5-2-6-15-29)28-27-25(22-13-16-32-18-23(22)33-27)26(31)21-11-9-20(10-12-21)19-7-3-1-4-8-19/h1,3-4,7-12H,2,5-6,13-18H2,(H,28,30). The van der Waals surface area contributed by atoms with E-state index in [0.717, 1.165) is 65.5 Å². The molecule has 2 aliphatic heterocycles. The molecule has 0 saturated carbocycles. The molecule has 0 atom stereocenters. The Bertz CT molecular complexity index is 1130. The zero-order valence-electron chi connectivity index (χ0n) is 18.6. The molecule has 0 radical (unpaired) electrons. The van der Waals surface area contributed by atoms with E-state index < -0.39 is 0 Å². The fourth-order valence-corrected chi connectivity index (χ4v) is 7.03. The van der Waals surface area contributed by atoms with Crippen LogP contribution in [-0.4, -0.2) is 42.0 Å². The van der Waals surface area contributed by atoms with Gasteiger partial charge in [0.15, 0.2) is 5.78 Å². The van der Waals surface area contributed by atoms with Crippen LogP contribution in [0, 0.1) is 0 Å². The van der Waals surface area contributed by atoms with E-state index in [4.69, 9.17) is 0 Å². The lowest BCUT2D eigenvalue weighted by Crippen LogP contribution is -2.36. The lowest BCUT2D eigenvalue weighted by Gasteiger charge is -2.25. The third-order valence-electron chi connectivity index (χ3n) is 6.37. The largest absolute Gasteiger partial charge is 0.316 e. The van der Waals surface area contributed by atoms with Crippen molar-refractivity contribution in [1.82, 2.24) is 4.90 Å². The molecule has 5 rings (SSSR count). The minimum absolute atomic E-state index is 0.00674. The van der Waals surface area contributed by atoms with Gasteiger partial charge in [-0.3, -0.25) is 14.5 Å². The molecule has 1 aromatic heterocycles. The molecule has 0 spiro atoms. The summed E-state index contributed by atoms with van der Waals surface area (Å²) in [6.45, 7) is 2.35. The fraction of sp³-hybridized carbons (Fsp3) is 0.333. The molecule has 0 bridgehead atoms. The summed E-state index contributed by atoms with van der Waals surface area (Å²) in [5.74, 6) is 1.91. The Morgan fingerprint density at radius 3 is 2.39 bits per heavy atom. The zero-order valence-corrected chi connectivity index (χ0v) is 20.3. The molecular formula is C27H28N2O2S2. The van der Waals surface area contributed by atoms with Crippen LogP contribution in [-0.2, 0) is 17.0 Å². The van der Waals surface area contributed by atoms with Gasteiger partial charge in [0.05, 0.1) is 12.1 Å². The molecule has 4 nitrogen and oxygen atoms in total. The normalized spacial score (nSPS) is 16.2. The minimum Gasteiger partial charge on any atom is -0.316 e. The quantitative estimate of drug-likeness (QED) is 0.453. The molecule has 0 aliphatic carbocycles. The summed E-state index contributed by atoms with van der Waals surface area (Å²) in [6.07, 6.45) is 4.43. The first-order valence-corrected chi connectivity index (χ1v) is 13.6. The van der Waals surface area contributed by atoms with E-state index in [9.17, 15) is 9.59 Å². The van der Waals surface area contributed by atoms with Crippen molar-refractivity contribution in [3.05, 3.63) is 76.2 Å². The van der Waals surface area contributed by atoms with Gasteiger partial charge in [-0.1, -0.05) is 61.0 Å². The molecule has 1 saturated heterocycles. The van der Waals surface area contributed by atoms with Gasteiger partial charge in [-0.05, 0) is 54.8 Å². The van der Waals surface area contributed by atoms with Gasteiger partial charge < -0.3 is 5.32 Å². The Morgan fingerprint density at radius 2 is 1.64 bits per heavy atom. The molecule has 2 aliphatic rings. The Labute approximate surface area is 203 Å². The van der Waals surface area contributed by atoms with E-state index in [2.05, 4.69) is 22.3 Å². The van der Waals surface area contributed by atoms with E-state index in [-0.39, 0.29) is 11.7 Å². The number of anilines is 1. The predicted octanol–water partition coefficient (Wildman–Crippen LogP) is 5.86. The highest BCUT2D eigenvalue weighted by molar-refractivity contribution is 7.98. The Morgan fingerprint density at radius 1 is 0.909 bits per heavy atom. The third kappa shape index (κ3) is 5.08. The van der Waals surface area contributed by atoms with Crippen molar-refractivity contribution >= 4 is 39.8 Å². The summed E-state index contributed by atoms with van der Waals surface area (Å²) in [7, 11) is 0. The molecule has 3 aromatic rings. The first-order chi connectivity index (χ1) is 16.2. The first kappa shape index (κ1) is 22.4. The number of likely N-dealkylation sites (tertiary alicyclic amines) is 1. The number of nitrogens with one attached hydrogen (secondary N) is 1. The SMILES string of the molecule is O=C(CN1CCCCC1)Nc1sc2c(c1C(=O)c1ccc(-c3ccccc3)cc1)CCSC2. The van der Waals surface area contributed by atoms with Crippen LogP contribution in [0.3, 0.4) is 0 Å². The number of thioether (sulfide) groups is 1. The maximum atomic E-state index is 13.7. The molecule has 1 N–H and O–H groups in total. The average Bonchev–Trinajstić information content (AvgIpc) is 3.22. The molecule has 170 valence electrons. The van der Waals surface area contributed by atoms with Gasteiger partial charge in [0.25, 0.3) is 0 Å². The van der Waals surface area contributed by atoms with Crippen LogP contribution >= 0.6 is 23.1 Å². The van der Waals surface area contributed by atoms with Gasteiger partial charge in [-0.2, -0.15) is 11.8 Å². The van der Waals surface area contributed by atoms with Gasteiger partial charge in [-0.25, -0.2) is 0 Å². The predicted molar refractivity (Wildman–Crippen MR) is 138 cm³/mol. The second-order valence-corrected chi connectivity index (χ2v) is 10.9. The topological polar surface area (TPSA) is 49.4 Å². The van der Waals surface area contributed by atoms with Crippen LogP contribution in [0.25, 0.3) is 11.1 Å². The number of hydrogen-bond acceptors (Lipinski definition) is 5. The number of hydrogen-bond donors (Lipinski definition) is 1. The molecule has 3 heterocycles. The Balaban J connectivity index is 1.40. The summed E-state index contributed by atoms with van der Waals surface area (Å²) in [4.78, 5) is 29.9.